The third-order valence-corrected chi connectivity index (χ3v) is 5.36. The minimum atomic E-state index is -0.00848. The summed E-state index contributed by atoms with van der Waals surface area (Å²) in [7, 11) is 1.67. The number of amides is 1. The fourth-order valence-electron chi connectivity index (χ4n) is 3.57. The van der Waals surface area contributed by atoms with E-state index in [4.69, 9.17) is 16.3 Å². The number of benzene rings is 2. The van der Waals surface area contributed by atoms with Crippen LogP contribution in [0.4, 0.5) is 5.69 Å². The molecule has 150 valence electrons. The summed E-state index contributed by atoms with van der Waals surface area (Å²) >= 11 is 5.99. The summed E-state index contributed by atoms with van der Waals surface area (Å²) in [6.45, 7) is 4.74. The number of methoxy groups -OCH3 is 1. The Morgan fingerprint density at radius 1 is 1.00 bits per heavy atom. The molecule has 3 aromatic rings. The molecule has 1 aliphatic rings. The number of hydrogen-bond acceptors (Lipinski definition) is 4. The van der Waals surface area contributed by atoms with Crippen molar-refractivity contribution in [3.8, 4) is 11.4 Å². The second-order valence-corrected chi connectivity index (χ2v) is 7.48. The fraction of sp³-hybridized carbons (Fsp3) is 0.273. The van der Waals surface area contributed by atoms with Crippen LogP contribution in [0.2, 0.25) is 5.02 Å². The Balaban J connectivity index is 1.49. The topological polar surface area (TPSA) is 50.6 Å². The maximum absolute atomic E-state index is 13.2. The molecule has 1 saturated heterocycles. The molecule has 6 nitrogen and oxygen atoms in total. The van der Waals surface area contributed by atoms with E-state index in [1.807, 2.05) is 48.2 Å². The molecule has 0 atom stereocenters. The van der Waals surface area contributed by atoms with E-state index in [0.29, 0.717) is 23.8 Å². The third kappa shape index (κ3) is 4.07. The number of aryl methyl sites for hydroxylation is 1. The van der Waals surface area contributed by atoms with Gasteiger partial charge in [-0.2, -0.15) is 5.10 Å². The first-order chi connectivity index (χ1) is 14.0. The minimum absolute atomic E-state index is 0.00848. The van der Waals surface area contributed by atoms with Crippen LogP contribution in [0.1, 0.15) is 16.2 Å². The first-order valence-corrected chi connectivity index (χ1v) is 9.94. The molecule has 29 heavy (non-hydrogen) atoms. The molecule has 1 fully saturated rings. The van der Waals surface area contributed by atoms with Crippen molar-refractivity contribution in [1.82, 2.24) is 14.7 Å². The van der Waals surface area contributed by atoms with Crippen LogP contribution >= 0.6 is 11.6 Å². The first kappa shape index (κ1) is 19.3. The van der Waals surface area contributed by atoms with Crippen molar-refractivity contribution in [2.24, 2.45) is 0 Å². The Morgan fingerprint density at radius 2 is 1.72 bits per heavy atom. The monoisotopic (exact) mass is 410 g/mol. The summed E-state index contributed by atoms with van der Waals surface area (Å²) in [5, 5.41) is 5.16. The number of ether oxygens (including phenoxy) is 1. The molecular weight excluding hydrogens is 388 g/mol. The second kappa shape index (κ2) is 8.17. The van der Waals surface area contributed by atoms with Crippen molar-refractivity contribution >= 4 is 23.2 Å². The molecule has 0 bridgehead atoms. The van der Waals surface area contributed by atoms with E-state index in [0.717, 1.165) is 35.9 Å². The van der Waals surface area contributed by atoms with Gasteiger partial charge in [-0.3, -0.25) is 4.79 Å². The molecule has 4 rings (SSSR count). The zero-order chi connectivity index (χ0) is 20.4. The van der Waals surface area contributed by atoms with Gasteiger partial charge in [-0.15, -0.1) is 0 Å². The van der Waals surface area contributed by atoms with E-state index in [1.165, 1.54) is 0 Å². The zero-order valence-corrected chi connectivity index (χ0v) is 17.3. The molecule has 0 unspecified atom stereocenters. The molecule has 7 heteroatoms. The number of rotatable bonds is 4. The Morgan fingerprint density at radius 3 is 2.41 bits per heavy atom. The maximum atomic E-state index is 13.2. The highest BCUT2D eigenvalue weighted by molar-refractivity contribution is 6.30. The molecule has 0 radical (unpaired) electrons. The van der Waals surface area contributed by atoms with Gasteiger partial charge in [-0.25, -0.2) is 4.68 Å². The Kier molecular flexibility index (Phi) is 5.45. The van der Waals surface area contributed by atoms with Gasteiger partial charge >= 0.3 is 0 Å². The van der Waals surface area contributed by atoms with Crippen LogP contribution < -0.4 is 9.64 Å². The maximum Gasteiger partial charge on any atom is 0.272 e. The minimum Gasteiger partial charge on any atom is -0.497 e. The van der Waals surface area contributed by atoms with Gasteiger partial charge in [0.25, 0.3) is 5.91 Å². The Hall–Kier alpha value is -2.99. The van der Waals surface area contributed by atoms with Gasteiger partial charge in [-0.1, -0.05) is 17.7 Å². The van der Waals surface area contributed by atoms with E-state index in [9.17, 15) is 4.79 Å². The number of halogens is 1. The molecule has 2 aromatic carbocycles. The van der Waals surface area contributed by atoms with E-state index in [1.54, 1.807) is 23.9 Å². The van der Waals surface area contributed by atoms with E-state index in [2.05, 4.69) is 16.1 Å². The van der Waals surface area contributed by atoms with E-state index < -0.39 is 0 Å². The molecule has 1 amide bonds. The summed E-state index contributed by atoms with van der Waals surface area (Å²) in [5.41, 5.74) is 3.30. The standard InChI is InChI=1S/C22H23ClN4O2/c1-16-14-21(27(24-16)18-8-6-17(23)7-9-18)22(28)26-12-10-25(11-13-26)19-4-3-5-20(15-19)29-2/h3-9,14-15H,10-13H2,1-2H3. The molecule has 0 spiro atoms. The van der Waals surface area contributed by atoms with Gasteiger partial charge in [0, 0.05) is 43.0 Å². The van der Waals surface area contributed by atoms with E-state index in [-0.39, 0.29) is 5.91 Å². The van der Waals surface area contributed by atoms with Crippen LogP contribution in [0.3, 0.4) is 0 Å². The predicted octanol–water partition coefficient (Wildman–Crippen LogP) is 3.81. The Bertz CT molecular complexity index is 1010. The summed E-state index contributed by atoms with van der Waals surface area (Å²) in [6, 6.07) is 17.2. The van der Waals surface area contributed by atoms with Gasteiger partial charge in [0.1, 0.15) is 11.4 Å². The van der Waals surface area contributed by atoms with Crippen molar-refractivity contribution < 1.29 is 9.53 Å². The number of carbonyl (C=O) groups is 1. The van der Waals surface area contributed by atoms with E-state index >= 15 is 0 Å². The van der Waals surface area contributed by atoms with Crippen LogP contribution in [-0.4, -0.2) is 53.9 Å². The summed E-state index contributed by atoms with van der Waals surface area (Å²) < 4.78 is 7.02. The average molecular weight is 411 g/mol. The van der Waals surface area contributed by atoms with Gasteiger partial charge < -0.3 is 14.5 Å². The molecule has 0 N–H and O–H groups in total. The molecular formula is C22H23ClN4O2. The van der Waals surface area contributed by atoms with Crippen molar-refractivity contribution in [2.45, 2.75) is 6.92 Å². The SMILES string of the molecule is COc1cccc(N2CCN(C(=O)c3cc(C)nn3-c3ccc(Cl)cc3)CC2)c1. The van der Waals surface area contributed by atoms with Crippen LogP contribution in [0, 0.1) is 6.92 Å². The van der Waals surface area contributed by atoms with Gasteiger partial charge in [0.15, 0.2) is 0 Å². The van der Waals surface area contributed by atoms with Crippen molar-refractivity contribution in [2.75, 3.05) is 38.2 Å². The molecule has 1 aromatic heterocycles. The van der Waals surface area contributed by atoms with Crippen molar-refractivity contribution in [3.63, 3.8) is 0 Å². The number of piperazine rings is 1. The fourth-order valence-corrected chi connectivity index (χ4v) is 3.69. The molecule has 1 aliphatic heterocycles. The Labute approximate surface area is 175 Å². The zero-order valence-electron chi connectivity index (χ0n) is 16.5. The number of anilines is 1. The molecule has 0 aliphatic carbocycles. The van der Waals surface area contributed by atoms with Gasteiger partial charge in [0.05, 0.1) is 18.5 Å². The highest BCUT2D eigenvalue weighted by Gasteiger charge is 2.25. The van der Waals surface area contributed by atoms with Crippen molar-refractivity contribution in [3.05, 3.63) is 71.0 Å². The number of hydrogen-bond donors (Lipinski definition) is 0. The quantitative estimate of drug-likeness (QED) is 0.656. The largest absolute Gasteiger partial charge is 0.497 e. The lowest BCUT2D eigenvalue weighted by Crippen LogP contribution is -2.49. The second-order valence-electron chi connectivity index (χ2n) is 7.04. The van der Waals surface area contributed by atoms with Crippen LogP contribution in [-0.2, 0) is 0 Å². The highest BCUT2D eigenvalue weighted by Crippen LogP contribution is 2.23. The number of carbonyl (C=O) groups excluding carboxylic acids is 1. The van der Waals surface area contributed by atoms with Crippen LogP contribution in [0.25, 0.3) is 5.69 Å². The third-order valence-electron chi connectivity index (χ3n) is 5.11. The van der Waals surface area contributed by atoms with Crippen LogP contribution in [0.15, 0.2) is 54.6 Å². The summed E-state index contributed by atoms with van der Waals surface area (Å²) in [5.74, 6) is 0.828. The number of aromatic nitrogens is 2. The number of nitrogens with zero attached hydrogens (tertiary/aromatic N) is 4. The van der Waals surface area contributed by atoms with Gasteiger partial charge in [-0.05, 0) is 49.4 Å². The first-order valence-electron chi connectivity index (χ1n) is 9.56. The predicted molar refractivity (Wildman–Crippen MR) is 114 cm³/mol. The lowest BCUT2D eigenvalue weighted by molar-refractivity contribution is 0.0737. The smallest absolute Gasteiger partial charge is 0.272 e. The lowest BCUT2D eigenvalue weighted by Gasteiger charge is -2.36. The molecule has 2 heterocycles. The highest BCUT2D eigenvalue weighted by atomic mass is 35.5. The summed E-state index contributed by atoms with van der Waals surface area (Å²) in [4.78, 5) is 17.4. The lowest BCUT2D eigenvalue weighted by atomic mass is 10.2. The summed E-state index contributed by atoms with van der Waals surface area (Å²) in [6.07, 6.45) is 0. The normalized spacial score (nSPS) is 14.2. The average Bonchev–Trinajstić information content (AvgIpc) is 3.15. The van der Waals surface area contributed by atoms with Crippen molar-refractivity contribution in [1.29, 1.82) is 0 Å². The molecule has 0 saturated carbocycles. The van der Waals surface area contributed by atoms with Gasteiger partial charge in [0.2, 0.25) is 0 Å². The van der Waals surface area contributed by atoms with Crippen LogP contribution in [0.5, 0.6) is 5.75 Å².